The van der Waals surface area contributed by atoms with Gasteiger partial charge in [-0.15, -0.1) is 0 Å². The third kappa shape index (κ3) is 3.42. The van der Waals surface area contributed by atoms with Crippen LogP contribution < -0.4 is 10.6 Å². The average molecular weight is 329 g/mol. The van der Waals surface area contributed by atoms with Crippen LogP contribution in [0.3, 0.4) is 0 Å². The molecule has 1 aromatic rings. The Hall–Kier alpha value is -2.76. The van der Waals surface area contributed by atoms with E-state index in [4.69, 9.17) is 0 Å². The lowest BCUT2D eigenvalue weighted by atomic mass is 9.82. The van der Waals surface area contributed by atoms with Gasteiger partial charge in [0.15, 0.2) is 0 Å². The van der Waals surface area contributed by atoms with Gasteiger partial charge in [-0.05, 0) is 30.0 Å². The zero-order valence-corrected chi connectivity index (χ0v) is 12.9. The van der Waals surface area contributed by atoms with Gasteiger partial charge in [0.1, 0.15) is 11.6 Å². The van der Waals surface area contributed by atoms with Crippen molar-refractivity contribution < 1.29 is 13.6 Å². The lowest BCUT2D eigenvalue weighted by molar-refractivity contribution is -0.117. The molecule has 0 aromatic heterocycles. The fourth-order valence-electron chi connectivity index (χ4n) is 2.83. The number of allylic oxidation sites excluding steroid dienone is 2. The highest BCUT2D eigenvalue weighted by Gasteiger charge is 2.34. The number of carbonyl (C=O) groups excluding carboxylic acids is 1. The predicted molar refractivity (Wildman–Crippen MR) is 89.8 cm³/mol. The molecule has 3 rings (SSSR count). The molecule has 2 heterocycles. The first-order valence-corrected chi connectivity index (χ1v) is 7.64. The molecular weight excluding hydrogens is 312 g/mol. The van der Waals surface area contributed by atoms with Crippen molar-refractivity contribution in [3.05, 3.63) is 65.9 Å². The monoisotopic (exact) mass is 329 g/mol. The summed E-state index contributed by atoms with van der Waals surface area (Å²) >= 11 is 0. The van der Waals surface area contributed by atoms with E-state index in [-0.39, 0.29) is 18.0 Å². The van der Waals surface area contributed by atoms with Gasteiger partial charge in [-0.3, -0.25) is 9.79 Å². The van der Waals surface area contributed by atoms with Gasteiger partial charge >= 0.3 is 0 Å². The van der Waals surface area contributed by atoms with Crippen LogP contribution in [0, 0.1) is 11.6 Å². The minimum absolute atomic E-state index is 0.0360. The Morgan fingerprint density at radius 3 is 2.88 bits per heavy atom. The molecule has 0 saturated heterocycles. The maximum absolute atomic E-state index is 13.7. The van der Waals surface area contributed by atoms with E-state index >= 15 is 0 Å². The molecule has 124 valence electrons. The quantitative estimate of drug-likeness (QED) is 0.834. The van der Waals surface area contributed by atoms with Crippen LogP contribution in [-0.4, -0.2) is 24.2 Å². The molecule has 1 atom stereocenters. The number of rotatable bonds is 4. The summed E-state index contributed by atoms with van der Waals surface area (Å²) in [5.74, 6) is -1.85. The first-order valence-electron chi connectivity index (χ1n) is 7.64. The highest BCUT2D eigenvalue weighted by Crippen LogP contribution is 2.29. The van der Waals surface area contributed by atoms with Crippen molar-refractivity contribution >= 4 is 17.8 Å². The summed E-state index contributed by atoms with van der Waals surface area (Å²) in [7, 11) is 0. The molecule has 0 bridgehead atoms. The molecule has 0 radical (unpaired) electrons. The molecule has 2 aliphatic heterocycles. The first-order chi connectivity index (χ1) is 11.6. The second kappa shape index (κ2) is 6.78. The summed E-state index contributed by atoms with van der Waals surface area (Å²) in [6.07, 6.45) is 11.9. The van der Waals surface area contributed by atoms with Gasteiger partial charge < -0.3 is 10.6 Å². The van der Waals surface area contributed by atoms with Gasteiger partial charge in [0.25, 0.3) is 0 Å². The Morgan fingerprint density at radius 1 is 1.33 bits per heavy atom. The number of anilines is 1. The van der Waals surface area contributed by atoms with Gasteiger partial charge in [-0.2, -0.15) is 0 Å². The van der Waals surface area contributed by atoms with Crippen molar-refractivity contribution in [3.8, 4) is 0 Å². The van der Waals surface area contributed by atoms with Crippen molar-refractivity contribution in [1.82, 2.24) is 5.32 Å². The molecule has 0 unspecified atom stereocenters. The second-order valence-electron chi connectivity index (χ2n) is 5.66. The second-order valence-corrected chi connectivity index (χ2v) is 5.66. The summed E-state index contributed by atoms with van der Waals surface area (Å²) in [6.45, 7) is 0.574. The highest BCUT2D eigenvalue weighted by molar-refractivity contribution is 5.92. The number of carbonyl (C=O) groups is 1. The number of dihydropyridines is 2. The van der Waals surface area contributed by atoms with Gasteiger partial charge in [-0.25, -0.2) is 8.78 Å². The predicted octanol–water partition coefficient (Wildman–Crippen LogP) is 3.11. The molecule has 0 fully saturated rings. The number of nitrogens with one attached hydrogen (secondary N) is 2. The summed E-state index contributed by atoms with van der Waals surface area (Å²) in [6, 6.07) is 3.06. The molecule has 0 aliphatic carbocycles. The molecule has 1 aromatic carbocycles. The number of benzene rings is 1. The standard InChI is InChI=1S/C18H17F2N3O/c19-14-3-4-16(15(20)11-14)23-17(24)12-18(7-1-2-8-22-18)13-5-9-21-10-6-13/h1-5,7-8,10-11,22H,6,9,12H2,(H,23,24)/t18-/m0/s1. The lowest BCUT2D eigenvalue weighted by Gasteiger charge is -2.35. The SMILES string of the molecule is O=C(C[C@]1(C2=CCN=CC2)C=CC=CN1)Nc1ccc(F)cc1F. The molecule has 1 amide bonds. The molecule has 24 heavy (non-hydrogen) atoms. The van der Waals surface area contributed by atoms with Crippen molar-refractivity contribution in [2.24, 2.45) is 4.99 Å². The van der Waals surface area contributed by atoms with Gasteiger partial charge in [0, 0.05) is 18.7 Å². The van der Waals surface area contributed by atoms with E-state index in [9.17, 15) is 13.6 Å². The molecular formula is C18H17F2N3O. The average Bonchev–Trinajstić information content (AvgIpc) is 2.59. The number of nitrogens with zero attached hydrogens (tertiary/aromatic N) is 1. The van der Waals surface area contributed by atoms with E-state index in [1.165, 1.54) is 6.07 Å². The van der Waals surface area contributed by atoms with Crippen LogP contribution in [0.25, 0.3) is 0 Å². The van der Waals surface area contributed by atoms with Crippen LogP contribution in [0.2, 0.25) is 0 Å². The topological polar surface area (TPSA) is 53.5 Å². The number of aliphatic imine (C=N–C) groups is 1. The van der Waals surface area contributed by atoms with E-state index in [1.807, 2.05) is 30.5 Å². The van der Waals surface area contributed by atoms with Crippen LogP contribution in [-0.2, 0) is 4.79 Å². The van der Waals surface area contributed by atoms with Crippen LogP contribution >= 0.6 is 0 Å². The molecule has 0 spiro atoms. The summed E-state index contributed by atoms with van der Waals surface area (Å²) in [4.78, 5) is 16.6. The molecule has 0 saturated carbocycles. The lowest BCUT2D eigenvalue weighted by Crippen LogP contribution is -2.46. The normalized spacial score (nSPS) is 22.0. The van der Waals surface area contributed by atoms with Gasteiger partial charge in [-0.1, -0.05) is 18.2 Å². The van der Waals surface area contributed by atoms with Crippen LogP contribution in [0.4, 0.5) is 14.5 Å². The number of hydrogen-bond acceptors (Lipinski definition) is 3. The first kappa shape index (κ1) is 16.1. The zero-order chi connectivity index (χ0) is 17.0. The Balaban J connectivity index is 1.78. The fraction of sp³-hybridized carbons (Fsp3) is 0.222. The fourth-order valence-corrected chi connectivity index (χ4v) is 2.83. The molecule has 4 nitrogen and oxygen atoms in total. The Morgan fingerprint density at radius 2 is 2.21 bits per heavy atom. The van der Waals surface area contributed by atoms with Crippen molar-refractivity contribution in [2.75, 3.05) is 11.9 Å². The number of hydrogen-bond donors (Lipinski definition) is 2. The van der Waals surface area contributed by atoms with Crippen molar-refractivity contribution in [1.29, 1.82) is 0 Å². The summed E-state index contributed by atoms with van der Waals surface area (Å²) < 4.78 is 26.7. The maximum atomic E-state index is 13.7. The summed E-state index contributed by atoms with van der Waals surface area (Å²) in [5.41, 5.74) is 0.334. The third-order valence-electron chi connectivity index (χ3n) is 4.03. The van der Waals surface area contributed by atoms with Gasteiger partial charge in [0.05, 0.1) is 24.2 Å². The number of amides is 1. The minimum atomic E-state index is -0.798. The van der Waals surface area contributed by atoms with E-state index in [1.54, 1.807) is 6.20 Å². The van der Waals surface area contributed by atoms with Crippen molar-refractivity contribution in [2.45, 2.75) is 18.4 Å². The Bertz CT molecular complexity index is 768. The van der Waals surface area contributed by atoms with E-state index in [0.29, 0.717) is 13.0 Å². The van der Waals surface area contributed by atoms with Crippen LogP contribution in [0.1, 0.15) is 12.8 Å². The number of halogens is 2. The Labute approximate surface area is 138 Å². The third-order valence-corrected chi connectivity index (χ3v) is 4.03. The Kier molecular flexibility index (Phi) is 4.55. The largest absolute Gasteiger partial charge is 0.378 e. The van der Waals surface area contributed by atoms with Crippen molar-refractivity contribution in [3.63, 3.8) is 0 Å². The molecule has 2 N–H and O–H groups in total. The van der Waals surface area contributed by atoms with Crippen LogP contribution in [0.5, 0.6) is 0 Å². The maximum Gasteiger partial charge on any atom is 0.227 e. The minimum Gasteiger partial charge on any atom is -0.378 e. The molecule has 2 aliphatic rings. The van der Waals surface area contributed by atoms with E-state index < -0.39 is 17.2 Å². The van der Waals surface area contributed by atoms with E-state index in [2.05, 4.69) is 15.6 Å². The van der Waals surface area contributed by atoms with Crippen LogP contribution in [0.15, 0.2) is 59.3 Å². The highest BCUT2D eigenvalue weighted by atomic mass is 19.1. The zero-order valence-electron chi connectivity index (χ0n) is 12.9. The smallest absolute Gasteiger partial charge is 0.227 e. The van der Waals surface area contributed by atoms with Gasteiger partial charge in [0.2, 0.25) is 5.91 Å². The van der Waals surface area contributed by atoms with E-state index in [0.717, 1.165) is 17.7 Å². The molecule has 6 heteroatoms. The summed E-state index contributed by atoms with van der Waals surface area (Å²) in [5, 5.41) is 5.74.